The second-order valence-corrected chi connectivity index (χ2v) is 6.34. The van der Waals surface area contributed by atoms with Gasteiger partial charge in [-0.2, -0.15) is 0 Å². The van der Waals surface area contributed by atoms with Crippen LogP contribution in [-0.2, 0) is 4.57 Å². The summed E-state index contributed by atoms with van der Waals surface area (Å²) < 4.78 is 22.4. The average molecular weight is 289 g/mol. The summed E-state index contributed by atoms with van der Waals surface area (Å²) in [6, 6.07) is 5.26. The van der Waals surface area contributed by atoms with Crippen LogP contribution in [0.5, 0.6) is 5.75 Å². The molecule has 6 heteroatoms. The van der Waals surface area contributed by atoms with Crippen molar-refractivity contribution >= 4 is 30.2 Å². The van der Waals surface area contributed by atoms with E-state index in [4.69, 9.17) is 20.5 Å². The lowest BCUT2D eigenvalue weighted by atomic mass is 10.1. The summed E-state index contributed by atoms with van der Waals surface area (Å²) in [6.07, 6.45) is -0.0936. The van der Waals surface area contributed by atoms with Crippen molar-refractivity contribution in [2.75, 3.05) is 12.0 Å². The molecule has 0 bridgehead atoms. The highest BCUT2D eigenvalue weighted by Gasteiger charge is 2.22. The van der Waals surface area contributed by atoms with Crippen molar-refractivity contribution < 1.29 is 18.4 Å². The number of hydrogen-bond donors (Lipinski definition) is 1. The number of rotatable bonds is 4. The molecule has 1 aromatic heterocycles. The topological polar surface area (TPSA) is 59.7 Å². The Kier molecular flexibility index (Phi) is 3.71. The number of para-hydroxylation sites is 1. The summed E-state index contributed by atoms with van der Waals surface area (Å²) in [7, 11) is -3.72. The van der Waals surface area contributed by atoms with Gasteiger partial charge >= 0.3 is 7.60 Å². The molecule has 0 saturated heterocycles. The number of fused-ring (bicyclic) bond motifs is 1. The highest BCUT2D eigenvalue weighted by atomic mass is 35.5. The van der Waals surface area contributed by atoms with Crippen LogP contribution in [0.3, 0.4) is 0 Å². The molecule has 1 unspecified atom stereocenters. The SMILES string of the molecule is Cc1oc2c(OP(=O)(O)CCCl)cccc2c1C. The van der Waals surface area contributed by atoms with Gasteiger partial charge in [0.25, 0.3) is 0 Å². The number of furan rings is 1. The summed E-state index contributed by atoms with van der Waals surface area (Å²) in [5.74, 6) is 1.12. The van der Waals surface area contributed by atoms with E-state index in [0.717, 1.165) is 16.7 Å². The second-order valence-electron chi connectivity index (χ2n) is 4.06. The lowest BCUT2D eigenvalue weighted by molar-refractivity contribution is 0.380. The molecule has 2 rings (SSSR count). The molecule has 1 aromatic carbocycles. The minimum absolute atomic E-state index is 0.0694. The molecule has 0 saturated carbocycles. The third-order valence-electron chi connectivity index (χ3n) is 2.77. The van der Waals surface area contributed by atoms with Crippen LogP contribution in [0.15, 0.2) is 22.6 Å². The molecule has 18 heavy (non-hydrogen) atoms. The van der Waals surface area contributed by atoms with Gasteiger partial charge in [0.2, 0.25) is 0 Å². The van der Waals surface area contributed by atoms with Crippen LogP contribution in [0.2, 0.25) is 0 Å². The molecular weight excluding hydrogens is 275 g/mol. The Morgan fingerprint density at radius 2 is 2.17 bits per heavy atom. The summed E-state index contributed by atoms with van der Waals surface area (Å²) in [4.78, 5) is 9.61. The zero-order valence-corrected chi connectivity index (χ0v) is 11.8. The smallest absolute Gasteiger partial charge is 0.377 e. The predicted molar refractivity (Wildman–Crippen MR) is 71.7 cm³/mol. The molecule has 0 spiro atoms. The molecule has 1 atom stereocenters. The Morgan fingerprint density at radius 3 is 2.83 bits per heavy atom. The lowest BCUT2D eigenvalue weighted by Gasteiger charge is -2.12. The highest BCUT2D eigenvalue weighted by Crippen LogP contribution is 2.45. The Balaban J connectivity index is 2.46. The molecule has 0 amide bonds. The van der Waals surface area contributed by atoms with Gasteiger partial charge in [-0.3, -0.25) is 0 Å². The molecule has 1 heterocycles. The molecule has 0 aliphatic heterocycles. The van der Waals surface area contributed by atoms with E-state index in [9.17, 15) is 9.46 Å². The van der Waals surface area contributed by atoms with E-state index >= 15 is 0 Å². The van der Waals surface area contributed by atoms with E-state index in [2.05, 4.69) is 0 Å². The maximum Gasteiger partial charge on any atom is 0.377 e. The number of alkyl halides is 1. The molecule has 1 N–H and O–H groups in total. The van der Waals surface area contributed by atoms with Crippen LogP contribution in [0, 0.1) is 13.8 Å². The van der Waals surface area contributed by atoms with Gasteiger partial charge in [0.1, 0.15) is 5.76 Å². The van der Waals surface area contributed by atoms with Gasteiger partial charge < -0.3 is 13.8 Å². The molecule has 0 radical (unpaired) electrons. The fourth-order valence-electron chi connectivity index (χ4n) is 1.71. The zero-order chi connectivity index (χ0) is 13.3. The van der Waals surface area contributed by atoms with Crippen LogP contribution in [-0.4, -0.2) is 16.9 Å². The van der Waals surface area contributed by atoms with Gasteiger partial charge in [-0.1, -0.05) is 12.1 Å². The molecule has 4 nitrogen and oxygen atoms in total. The van der Waals surface area contributed by atoms with E-state index in [1.807, 2.05) is 19.9 Å². The third-order valence-corrected chi connectivity index (χ3v) is 4.50. The van der Waals surface area contributed by atoms with Crippen molar-refractivity contribution in [2.24, 2.45) is 0 Å². The normalized spacial score (nSPS) is 14.7. The second kappa shape index (κ2) is 4.96. The number of benzene rings is 1. The van der Waals surface area contributed by atoms with Crippen molar-refractivity contribution in [1.82, 2.24) is 0 Å². The van der Waals surface area contributed by atoms with Crippen LogP contribution in [0.1, 0.15) is 11.3 Å². The summed E-state index contributed by atoms with van der Waals surface area (Å²) in [5, 5.41) is 0.885. The van der Waals surface area contributed by atoms with E-state index < -0.39 is 7.60 Å². The third kappa shape index (κ3) is 2.56. The van der Waals surface area contributed by atoms with Crippen molar-refractivity contribution in [1.29, 1.82) is 0 Å². The minimum atomic E-state index is -3.72. The van der Waals surface area contributed by atoms with Crippen LogP contribution >= 0.6 is 19.2 Å². The quantitative estimate of drug-likeness (QED) is 0.685. The average Bonchev–Trinajstić information content (AvgIpc) is 2.57. The Labute approximate surface area is 110 Å². The zero-order valence-electron chi connectivity index (χ0n) is 10.1. The Bertz CT molecular complexity index is 620. The van der Waals surface area contributed by atoms with Gasteiger partial charge in [-0.05, 0) is 25.5 Å². The highest BCUT2D eigenvalue weighted by molar-refractivity contribution is 7.53. The van der Waals surface area contributed by atoms with Gasteiger partial charge in [-0.15, -0.1) is 11.6 Å². The summed E-state index contributed by atoms with van der Waals surface area (Å²) in [5.41, 5.74) is 1.50. The fraction of sp³-hybridized carbons (Fsp3) is 0.333. The molecule has 0 aliphatic rings. The van der Waals surface area contributed by atoms with Crippen molar-refractivity contribution in [3.05, 3.63) is 29.5 Å². The van der Waals surface area contributed by atoms with Gasteiger partial charge in [-0.25, -0.2) is 4.57 Å². The lowest BCUT2D eigenvalue weighted by Crippen LogP contribution is -1.98. The standard InChI is InChI=1S/C12H14ClO4P/c1-8-9(2)16-12-10(8)4-3-5-11(12)17-18(14,15)7-6-13/h3-5H,6-7H2,1-2H3,(H,14,15). The first-order valence-electron chi connectivity index (χ1n) is 5.51. The maximum atomic E-state index is 11.7. The van der Waals surface area contributed by atoms with E-state index in [1.165, 1.54) is 0 Å². The minimum Gasteiger partial charge on any atom is -0.457 e. The van der Waals surface area contributed by atoms with Gasteiger partial charge in [0.05, 0.1) is 6.16 Å². The van der Waals surface area contributed by atoms with Crippen LogP contribution < -0.4 is 4.52 Å². The Hall–Kier alpha value is -0.960. The van der Waals surface area contributed by atoms with Crippen molar-refractivity contribution in [3.63, 3.8) is 0 Å². The van der Waals surface area contributed by atoms with Crippen molar-refractivity contribution in [3.8, 4) is 5.75 Å². The number of halogens is 1. The van der Waals surface area contributed by atoms with E-state index in [1.54, 1.807) is 12.1 Å². The Morgan fingerprint density at radius 1 is 1.44 bits per heavy atom. The first-order valence-corrected chi connectivity index (χ1v) is 7.80. The molecule has 2 aromatic rings. The van der Waals surface area contributed by atoms with Crippen molar-refractivity contribution in [2.45, 2.75) is 13.8 Å². The van der Waals surface area contributed by atoms with Crippen LogP contribution in [0.25, 0.3) is 11.0 Å². The molecule has 98 valence electrons. The van der Waals surface area contributed by atoms with Crippen LogP contribution in [0.4, 0.5) is 0 Å². The van der Waals surface area contributed by atoms with E-state index in [0.29, 0.717) is 5.58 Å². The van der Waals surface area contributed by atoms with E-state index in [-0.39, 0.29) is 17.8 Å². The number of hydrogen-bond acceptors (Lipinski definition) is 3. The molecule has 0 aliphatic carbocycles. The van der Waals surface area contributed by atoms with Gasteiger partial charge in [0.15, 0.2) is 11.3 Å². The first-order chi connectivity index (χ1) is 8.44. The predicted octanol–water partition coefficient (Wildman–Crippen LogP) is 3.85. The number of aryl methyl sites for hydroxylation is 2. The first kappa shape index (κ1) is 13.5. The maximum absolute atomic E-state index is 11.7. The largest absolute Gasteiger partial charge is 0.457 e. The monoisotopic (exact) mass is 288 g/mol. The van der Waals surface area contributed by atoms with Gasteiger partial charge in [0, 0.05) is 11.3 Å². The fourth-order valence-corrected chi connectivity index (χ4v) is 3.11. The molecular formula is C12H14ClO4P. The molecule has 0 fully saturated rings. The summed E-state index contributed by atoms with van der Waals surface area (Å²) >= 11 is 5.46. The summed E-state index contributed by atoms with van der Waals surface area (Å²) in [6.45, 7) is 3.78.